The van der Waals surface area contributed by atoms with E-state index in [-0.39, 0.29) is 5.69 Å². The molecule has 186 valence electrons. The maximum absolute atomic E-state index is 15.0. The van der Waals surface area contributed by atoms with E-state index in [0.717, 1.165) is 65.1 Å². The molecule has 1 aliphatic heterocycles. The summed E-state index contributed by atoms with van der Waals surface area (Å²) in [5, 5.41) is 3.16. The van der Waals surface area contributed by atoms with Gasteiger partial charge in [0.2, 0.25) is 5.95 Å². The van der Waals surface area contributed by atoms with Crippen molar-refractivity contribution in [3.05, 3.63) is 53.5 Å². The fourth-order valence-electron chi connectivity index (χ4n) is 5.52. The second-order valence-electron chi connectivity index (χ2n) is 10.0. The first-order valence-electron chi connectivity index (χ1n) is 12.7. The van der Waals surface area contributed by atoms with Crippen LogP contribution in [0.25, 0.3) is 20.8 Å². The van der Waals surface area contributed by atoms with E-state index in [1.54, 1.807) is 6.33 Å². The van der Waals surface area contributed by atoms with Crippen LogP contribution < -0.4 is 5.32 Å². The Balaban J connectivity index is 1.27. The third kappa shape index (κ3) is 4.46. The summed E-state index contributed by atoms with van der Waals surface area (Å²) < 4.78 is 16.0. The summed E-state index contributed by atoms with van der Waals surface area (Å²) in [7, 11) is 2.17. The number of pyridine rings is 1. The molecule has 2 aliphatic rings. The van der Waals surface area contributed by atoms with Crippen LogP contribution >= 0.6 is 11.3 Å². The van der Waals surface area contributed by atoms with Gasteiger partial charge in [0, 0.05) is 12.1 Å². The summed E-state index contributed by atoms with van der Waals surface area (Å²) in [6.07, 6.45) is 11.9. The van der Waals surface area contributed by atoms with Gasteiger partial charge in [-0.3, -0.25) is 0 Å². The Kier molecular flexibility index (Phi) is 6.35. The van der Waals surface area contributed by atoms with E-state index >= 15 is 0 Å². The topological polar surface area (TPSA) is 79.7 Å². The number of aromatic nitrogens is 5. The quantitative estimate of drug-likeness (QED) is 0.347. The molecule has 2 fully saturated rings. The zero-order chi connectivity index (χ0) is 24.6. The summed E-state index contributed by atoms with van der Waals surface area (Å²) in [6.45, 7) is 4.21. The fraction of sp³-hybridized carbons (Fsp3) is 0.444. The SMILES string of the molecule is Cc1c(-c2nc(Nc3ccc(C4CCN(C)CC4)cn3)ncc2F)sc2c(C3CCCC3)ncnc12. The van der Waals surface area contributed by atoms with Crippen LogP contribution in [0.5, 0.6) is 0 Å². The monoisotopic (exact) mass is 503 g/mol. The Morgan fingerprint density at radius 1 is 0.972 bits per heavy atom. The minimum Gasteiger partial charge on any atom is -0.309 e. The first kappa shape index (κ1) is 23.4. The van der Waals surface area contributed by atoms with Crippen molar-refractivity contribution >= 4 is 33.3 Å². The Morgan fingerprint density at radius 2 is 1.78 bits per heavy atom. The molecule has 0 spiro atoms. The number of hydrogen-bond donors (Lipinski definition) is 1. The van der Waals surface area contributed by atoms with Crippen molar-refractivity contribution < 1.29 is 4.39 Å². The molecule has 1 N–H and O–H groups in total. The normalized spacial score (nSPS) is 17.8. The Morgan fingerprint density at radius 3 is 2.53 bits per heavy atom. The summed E-state index contributed by atoms with van der Waals surface area (Å²) >= 11 is 1.54. The van der Waals surface area contributed by atoms with Crippen molar-refractivity contribution in [2.75, 3.05) is 25.5 Å². The number of halogens is 1. The van der Waals surface area contributed by atoms with Crippen molar-refractivity contribution in [2.45, 2.75) is 57.3 Å². The zero-order valence-corrected chi connectivity index (χ0v) is 21.5. The van der Waals surface area contributed by atoms with E-state index in [9.17, 15) is 4.39 Å². The Bertz CT molecular complexity index is 1370. The number of aryl methyl sites for hydroxylation is 1. The minimum absolute atomic E-state index is 0.285. The van der Waals surface area contributed by atoms with E-state index in [2.05, 4.69) is 48.3 Å². The van der Waals surface area contributed by atoms with Crippen LogP contribution in [0.3, 0.4) is 0 Å². The first-order valence-corrected chi connectivity index (χ1v) is 13.6. The number of rotatable bonds is 5. The molecule has 4 aromatic heterocycles. The molecule has 5 heterocycles. The van der Waals surface area contributed by atoms with Gasteiger partial charge in [0.15, 0.2) is 5.82 Å². The van der Waals surface area contributed by atoms with Gasteiger partial charge in [-0.05, 0) is 75.9 Å². The summed E-state index contributed by atoms with van der Waals surface area (Å²) in [5.74, 6) is 1.52. The average Bonchev–Trinajstić information content (AvgIpc) is 3.55. The highest BCUT2D eigenvalue weighted by atomic mass is 32.1. The number of fused-ring (bicyclic) bond motifs is 1. The number of thiophene rings is 1. The second-order valence-corrected chi connectivity index (χ2v) is 11.1. The van der Waals surface area contributed by atoms with Crippen molar-refractivity contribution in [3.63, 3.8) is 0 Å². The summed E-state index contributed by atoms with van der Waals surface area (Å²) in [4.78, 5) is 25.6. The lowest BCUT2D eigenvalue weighted by molar-refractivity contribution is 0.255. The predicted octanol–water partition coefficient (Wildman–Crippen LogP) is 6.20. The van der Waals surface area contributed by atoms with E-state index in [1.165, 1.54) is 35.9 Å². The van der Waals surface area contributed by atoms with Gasteiger partial charge in [0.25, 0.3) is 0 Å². The highest BCUT2D eigenvalue weighted by Gasteiger charge is 2.25. The molecule has 1 saturated carbocycles. The lowest BCUT2D eigenvalue weighted by Gasteiger charge is -2.29. The molecule has 0 aromatic carbocycles. The van der Waals surface area contributed by atoms with Crippen molar-refractivity contribution in [1.29, 1.82) is 0 Å². The van der Waals surface area contributed by atoms with Crippen molar-refractivity contribution in [3.8, 4) is 10.6 Å². The number of piperidine rings is 1. The number of anilines is 2. The molecule has 0 amide bonds. The lowest BCUT2D eigenvalue weighted by atomic mass is 9.91. The van der Waals surface area contributed by atoms with Crippen LogP contribution in [-0.2, 0) is 0 Å². The molecule has 1 aliphatic carbocycles. The van der Waals surface area contributed by atoms with Crippen LogP contribution in [0.15, 0.2) is 30.9 Å². The van der Waals surface area contributed by atoms with Gasteiger partial charge in [-0.1, -0.05) is 18.9 Å². The van der Waals surface area contributed by atoms with Crippen molar-refractivity contribution in [2.24, 2.45) is 0 Å². The van der Waals surface area contributed by atoms with Crippen molar-refractivity contribution in [1.82, 2.24) is 29.8 Å². The van der Waals surface area contributed by atoms with E-state index < -0.39 is 5.82 Å². The standard InChI is InChI=1S/C27H30FN7S/c1-16-22-26(23(32-15-31-22)18-5-3-4-6-18)36-25(16)24-20(28)14-30-27(34-24)33-21-8-7-19(13-29-21)17-9-11-35(2)12-10-17/h7-8,13-15,17-18H,3-6,9-12H2,1-2H3,(H,29,30,33,34). The molecule has 7 nitrogen and oxygen atoms in total. The molecule has 0 radical (unpaired) electrons. The highest BCUT2D eigenvalue weighted by molar-refractivity contribution is 7.22. The van der Waals surface area contributed by atoms with Gasteiger partial charge < -0.3 is 10.2 Å². The molecule has 0 unspecified atom stereocenters. The molecule has 9 heteroatoms. The van der Waals surface area contributed by atoms with Crippen LogP contribution in [-0.4, -0.2) is 50.0 Å². The number of nitrogens with zero attached hydrogens (tertiary/aromatic N) is 6. The zero-order valence-electron chi connectivity index (χ0n) is 20.7. The van der Waals surface area contributed by atoms with Gasteiger partial charge in [0.1, 0.15) is 17.8 Å². The number of likely N-dealkylation sites (tertiary alicyclic amines) is 1. The highest BCUT2D eigenvalue weighted by Crippen LogP contribution is 2.43. The average molecular weight is 504 g/mol. The molecular formula is C27H30FN7S. The lowest BCUT2D eigenvalue weighted by Crippen LogP contribution is -2.29. The predicted molar refractivity (Wildman–Crippen MR) is 141 cm³/mol. The molecule has 4 aromatic rings. The van der Waals surface area contributed by atoms with E-state index in [4.69, 9.17) is 0 Å². The van der Waals surface area contributed by atoms with E-state index in [0.29, 0.717) is 23.6 Å². The van der Waals surface area contributed by atoms with Crippen LogP contribution in [0.1, 0.15) is 67.2 Å². The van der Waals surface area contributed by atoms with Crippen LogP contribution in [0, 0.1) is 12.7 Å². The maximum atomic E-state index is 15.0. The second kappa shape index (κ2) is 9.78. The minimum atomic E-state index is -0.448. The molecule has 0 bridgehead atoms. The van der Waals surface area contributed by atoms with Gasteiger partial charge in [0.05, 0.1) is 27.0 Å². The largest absolute Gasteiger partial charge is 0.309 e. The van der Waals surface area contributed by atoms with Gasteiger partial charge in [-0.2, -0.15) is 0 Å². The molecule has 36 heavy (non-hydrogen) atoms. The first-order chi connectivity index (χ1) is 17.6. The number of hydrogen-bond acceptors (Lipinski definition) is 8. The van der Waals surface area contributed by atoms with Crippen LogP contribution in [0.4, 0.5) is 16.2 Å². The number of nitrogens with one attached hydrogen (secondary N) is 1. The smallest absolute Gasteiger partial charge is 0.229 e. The maximum Gasteiger partial charge on any atom is 0.229 e. The Labute approximate surface area is 214 Å². The molecule has 1 saturated heterocycles. The van der Waals surface area contributed by atoms with Gasteiger partial charge >= 0.3 is 0 Å². The molecule has 6 rings (SSSR count). The molecule has 0 atom stereocenters. The third-order valence-corrected chi connectivity index (χ3v) is 8.96. The summed E-state index contributed by atoms with van der Waals surface area (Å²) in [6, 6.07) is 4.07. The van der Waals surface area contributed by atoms with E-state index in [1.807, 2.05) is 19.2 Å². The van der Waals surface area contributed by atoms with Crippen LogP contribution in [0.2, 0.25) is 0 Å². The van der Waals surface area contributed by atoms with Gasteiger partial charge in [-0.15, -0.1) is 11.3 Å². The molecular weight excluding hydrogens is 473 g/mol. The third-order valence-electron chi connectivity index (χ3n) is 7.65. The van der Waals surface area contributed by atoms with Gasteiger partial charge in [-0.25, -0.2) is 29.3 Å². The Hall–Kier alpha value is -3.04. The summed E-state index contributed by atoms with van der Waals surface area (Å²) in [5.41, 5.74) is 4.47. The fourth-order valence-corrected chi connectivity index (χ4v) is 6.84.